The quantitative estimate of drug-likeness (QED) is 0.461. The van der Waals surface area contributed by atoms with Crippen LogP contribution in [0.3, 0.4) is 0 Å². The zero-order chi connectivity index (χ0) is 22.2. The Bertz CT molecular complexity index is 1320. The molecule has 3 heterocycles. The highest BCUT2D eigenvalue weighted by atomic mass is 32.1. The summed E-state index contributed by atoms with van der Waals surface area (Å²) in [7, 11) is 0. The number of rotatable bonds is 4. The molecular weight excluding hydrogens is 430 g/mol. The summed E-state index contributed by atoms with van der Waals surface area (Å²) in [6, 6.07) is 15.6. The maximum absolute atomic E-state index is 13.5. The fraction of sp³-hybridized carbons (Fsp3) is 0.167. The van der Waals surface area contributed by atoms with Crippen LogP contribution in [-0.2, 0) is 19.5 Å². The summed E-state index contributed by atoms with van der Waals surface area (Å²) in [6.45, 7) is 2.53. The number of fused-ring (bicyclic) bond motifs is 2. The summed E-state index contributed by atoms with van der Waals surface area (Å²) in [4.78, 5) is 20.9. The molecule has 32 heavy (non-hydrogen) atoms. The van der Waals surface area contributed by atoms with Crippen molar-refractivity contribution in [2.24, 2.45) is 0 Å². The molecule has 0 radical (unpaired) electrons. The molecule has 0 saturated carbocycles. The summed E-state index contributed by atoms with van der Waals surface area (Å²) >= 11 is 1.21. The van der Waals surface area contributed by atoms with Crippen molar-refractivity contribution in [3.05, 3.63) is 87.9 Å². The highest BCUT2D eigenvalue weighted by Crippen LogP contribution is 2.35. The van der Waals surface area contributed by atoms with Gasteiger partial charge in [-0.2, -0.15) is 0 Å². The molecule has 1 aliphatic rings. The zero-order valence-electron chi connectivity index (χ0n) is 17.1. The number of nitrogens with two attached hydrogens (primary N) is 1. The van der Waals surface area contributed by atoms with E-state index in [0.717, 1.165) is 54.8 Å². The lowest BCUT2D eigenvalue weighted by Crippen LogP contribution is -2.30. The number of carbonyl (C=O) groups excluding carboxylic acids is 1. The molecule has 0 bridgehead atoms. The number of thiophene rings is 1. The number of nitrogens with one attached hydrogen (secondary N) is 1. The second kappa shape index (κ2) is 8.29. The molecule has 0 aliphatic carbocycles. The molecule has 4 aromatic rings. The zero-order valence-corrected chi connectivity index (χ0v) is 17.9. The van der Waals surface area contributed by atoms with Crippen LogP contribution in [-0.4, -0.2) is 22.3 Å². The third-order valence-corrected chi connectivity index (χ3v) is 6.70. The van der Waals surface area contributed by atoms with Gasteiger partial charge in [0, 0.05) is 48.9 Å². The van der Waals surface area contributed by atoms with Gasteiger partial charge in [-0.1, -0.05) is 30.3 Å². The first kappa shape index (κ1) is 20.5. The molecule has 0 fully saturated rings. The predicted molar refractivity (Wildman–Crippen MR) is 123 cm³/mol. The molecule has 1 aliphatic heterocycles. The monoisotopic (exact) mass is 450 g/mol. The summed E-state index contributed by atoms with van der Waals surface area (Å²) < 4.78 is 26.6. The van der Waals surface area contributed by atoms with Crippen molar-refractivity contribution in [3.63, 3.8) is 0 Å². The lowest BCUT2D eigenvalue weighted by Gasteiger charge is -2.28. The third kappa shape index (κ3) is 3.94. The summed E-state index contributed by atoms with van der Waals surface area (Å²) in [5, 5.41) is 3.32. The van der Waals surface area contributed by atoms with Crippen molar-refractivity contribution in [1.29, 1.82) is 0 Å². The van der Waals surface area contributed by atoms with Crippen LogP contribution in [0, 0.1) is 11.6 Å². The van der Waals surface area contributed by atoms with Crippen LogP contribution >= 0.6 is 11.3 Å². The van der Waals surface area contributed by atoms with Crippen LogP contribution in [0.1, 0.15) is 26.5 Å². The highest BCUT2D eigenvalue weighted by Gasteiger charge is 2.23. The first-order chi connectivity index (χ1) is 15.5. The van der Waals surface area contributed by atoms with Gasteiger partial charge in [0.1, 0.15) is 9.71 Å². The van der Waals surface area contributed by atoms with E-state index in [2.05, 4.69) is 22.3 Å². The van der Waals surface area contributed by atoms with Crippen LogP contribution in [0.2, 0.25) is 0 Å². The molecule has 5 nitrogen and oxygen atoms in total. The van der Waals surface area contributed by atoms with E-state index in [1.54, 1.807) is 0 Å². The lowest BCUT2D eigenvalue weighted by atomic mass is 10.0. The van der Waals surface area contributed by atoms with E-state index < -0.39 is 17.5 Å². The van der Waals surface area contributed by atoms with Crippen molar-refractivity contribution >= 4 is 38.8 Å². The van der Waals surface area contributed by atoms with Gasteiger partial charge in [0.05, 0.1) is 5.69 Å². The molecule has 8 heteroatoms. The Labute approximate surface area is 187 Å². The number of pyridine rings is 1. The number of hydrogen-bond donors (Lipinski definition) is 2. The number of aromatic nitrogens is 1. The minimum Gasteiger partial charge on any atom is -0.397 e. The van der Waals surface area contributed by atoms with E-state index in [1.165, 1.54) is 23.0 Å². The molecule has 0 spiro atoms. The van der Waals surface area contributed by atoms with Crippen LogP contribution in [0.5, 0.6) is 0 Å². The maximum atomic E-state index is 13.5. The second-order valence-corrected chi connectivity index (χ2v) is 8.82. The number of amides is 1. The SMILES string of the molecule is Nc1c(C(=O)Nc2ccc(F)c(F)c2)sc2nc3c(cc12)CN(Cc1ccccc1)CC3. The number of hydrogen-bond acceptors (Lipinski definition) is 5. The number of nitrogens with zero attached hydrogens (tertiary/aromatic N) is 2. The van der Waals surface area contributed by atoms with Gasteiger partial charge < -0.3 is 11.1 Å². The van der Waals surface area contributed by atoms with E-state index in [-0.39, 0.29) is 5.69 Å². The Hall–Kier alpha value is -3.36. The van der Waals surface area contributed by atoms with Gasteiger partial charge in [-0.05, 0) is 29.3 Å². The van der Waals surface area contributed by atoms with Gasteiger partial charge in [0.2, 0.25) is 0 Å². The molecule has 0 atom stereocenters. The van der Waals surface area contributed by atoms with Gasteiger partial charge in [-0.25, -0.2) is 13.8 Å². The summed E-state index contributed by atoms with van der Waals surface area (Å²) in [6.07, 6.45) is 0.826. The van der Waals surface area contributed by atoms with E-state index in [0.29, 0.717) is 15.4 Å². The van der Waals surface area contributed by atoms with Gasteiger partial charge in [-0.15, -0.1) is 11.3 Å². The number of benzene rings is 2. The molecule has 162 valence electrons. The Morgan fingerprint density at radius 2 is 1.94 bits per heavy atom. The fourth-order valence-electron chi connectivity index (χ4n) is 3.96. The third-order valence-electron chi connectivity index (χ3n) is 5.58. The van der Waals surface area contributed by atoms with Crippen LogP contribution in [0.25, 0.3) is 10.2 Å². The van der Waals surface area contributed by atoms with Crippen molar-refractivity contribution in [3.8, 4) is 0 Å². The minimum atomic E-state index is -1.03. The van der Waals surface area contributed by atoms with Crippen molar-refractivity contribution in [2.75, 3.05) is 17.6 Å². The Kier molecular flexibility index (Phi) is 5.32. The number of halogens is 2. The molecule has 2 aromatic carbocycles. The average molecular weight is 451 g/mol. The molecule has 2 aromatic heterocycles. The molecule has 0 unspecified atom stereocenters. The predicted octanol–water partition coefficient (Wildman–Crippen LogP) is 4.97. The molecule has 1 amide bonds. The van der Waals surface area contributed by atoms with Crippen LogP contribution in [0.4, 0.5) is 20.2 Å². The van der Waals surface area contributed by atoms with Crippen molar-refractivity contribution in [1.82, 2.24) is 9.88 Å². The molecule has 0 saturated heterocycles. The van der Waals surface area contributed by atoms with Crippen LogP contribution in [0.15, 0.2) is 54.6 Å². The normalized spacial score (nSPS) is 13.8. The lowest BCUT2D eigenvalue weighted by molar-refractivity contribution is 0.103. The van der Waals surface area contributed by atoms with Gasteiger partial charge in [0.25, 0.3) is 5.91 Å². The largest absolute Gasteiger partial charge is 0.397 e. The Morgan fingerprint density at radius 1 is 1.12 bits per heavy atom. The Balaban J connectivity index is 1.39. The standard InChI is InChI=1S/C24H20F2N4OS/c25-18-7-6-16(11-19(18)26)28-23(31)22-21(27)17-10-15-13-30(12-14-4-2-1-3-5-14)9-8-20(15)29-24(17)32-22/h1-7,10-11H,8-9,12-13,27H2,(H,28,31). The van der Waals surface area contributed by atoms with Gasteiger partial charge in [0.15, 0.2) is 11.6 Å². The van der Waals surface area contributed by atoms with E-state index >= 15 is 0 Å². The van der Waals surface area contributed by atoms with E-state index in [4.69, 9.17) is 10.7 Å². The van der Waals surface area contributed by atoms with Crippen molar-refractivity contribution < 1.29 is 13.6 Å². The second-order valence-electron chi connectivity index (χ2n) is 7.82. The first-order valence-electron chi connectivity index (χ1n) is 10.2. The van der Waals surface area contributed by atoms with E-state index in [9.17, 15) is 13.6 Å². The minimum absolute atomic E-state index is 0.162. The average Bonchev–Trinajstić information content (AvgIpc) is 3.11. The van der Waals surface area contributed by atoms with Crippen LogP contribution < -0.4 is 11.1 Å². The van der Waals surface area contributed by atoms with Gasteiger partial charge >= 0.3 is 0 Å². The highest BCUT2D eigenvalue weighted by molar-refractivity contribution is 7.21. The van der Waals surface area contributed by atoms with Crippen molar-refractivity contribution in [2.45, 2.75) is 19.5 Å². The summed E-state index contributed by atoms with van der Waals surface area (Å²) in [5.41, 5.74) is 10.2. The Morgan fingerprint density at radius 3 is 2.72 bits per heavy atom. The molecule has 5 rings (SSSR count). The number of nitrogen functional groups attached to an aromatic ring is 1. The first-order valence-corrected chi connectivity index (χ1v) is 11.0. The smallest absolute Gasteiger partial charge is 0.267 e. The molecular formula is C24H20F2N4OS. The summed E-state index contributed by atoms with van der Waals surface area (Å²) in [5.74, 6) is -2.47. The topological polar surface area (TPSA) is 71.2 Å². The number of anilines is 2. The van der Waals surface area contributed by atoms with Gasteiger partial charge in [-0.3, -0.25) is 9.69 Å². The molecule has 3 N–H and O–H groups in total. The number of carbonyl (C=O) groups is 1. The fourth-order valence-corrected chi connectivity index (χ4v) is 4.95. The maximum Gasteiger partial charge on any atom is 0.267 e. The van der Waals surface area contributed by atoms with E-state index in [1.807, 2.05) is 24.3 Å².